The van der Waals surface area contributed by atoms with Gasteiger partial charge in [-0.25, -0.2) is 4.98 Å². The lowest BCUT2D eigenvalue weighted by Gasteiger charge is -2.20. The van der Waals surface area contributed by atoms with Crippen molar-refractivity contribution in [2.45, 2.75) is 13.5 Å². The second-order valence-electron chi connectivity index (χ2n) is 6.53. The topological polar surface area (TPSA) is 42.4 Å². The van der Waals surface area contributed by atoms with Gasteiger partial charge in [0.2, 0.25) is 0 Å². The van der Waals surface area contributed by atoms with E-state index in [0.717, 1.165) is 15.8 Å². The molecule has 0 fully saturated rings. The third-order valence-corrected chi connectivity index (χ3v) is 5.39. The molecule has 1 aromatic heterocycles. The number of carbonyl (C=O) groups is 1. The van der Waals surface area contributed by atoms with Crippen molar-refractivity contribution in [3.63, 3.8) is 0 Å². The minimum Gasteiger partial charge on any atom is -0.484 e. The van der Waals surface area contributed by atoms with Crippen LogP contribution >= 0.6 is 11.3 Å². The summed E-state index contributed by atoms with van der Waals surface area (Å²) >= 11 is 1.53. The van der Waals surface area contributed by atoms with E-state index < -0.39 is 0 Å². The molecule has 0 aliphatic carbocycles. The predicted molar refractivity (Wildman–Crippen MR) is 114 cm³/mol. The molecule has 140 valence electrons. The molecule has 28 heavy (non-hydrogen) atoms. The van der Waals surface area contributed by atoms with Crippen LogP contribution in [0.3, 0.4) is 0 Å². The number of para-hydroxylation sites is 1. The molecular formula is C23H20N2O2S. The Morgan fingerprint density at radius 2 is 1.71 bits per heavy atom. The van der Waals surface area contributed by atoms with E-state index in [0.29, 0.717) is 17.4 Å². The Kier molecular flexibility index (Phi) is 5.35. The normalized spacial score (nSPS) is 10.8. The van der Waals surface area contributed by atoms with Crippen LogP contribution < -0.4 is 9.64 Å². The highest BCUT2D eigenvalue weighted by Crippen LogP contribution is 2.30. The van der Waals surface area contributed by atoms with E-state index in [2.05, 4.69) is 13.0 Å². The Hall–Kier alpha value is -3.18. The summed E-state index contributed by atoms with van der Waals surface area (Å²) in [6.07, 6.45) is 0. The van der Waals surface area contributed by atoms with Crippen LogP contribution in [0.15, 0.2) is 78.9 Å². The lowest BCUT2D eigenvalue weighted by molar-refractivity contribution is -0.120. The first kappa shape index (κ1) is 18.2. The minimum atomic E-state index is -0.122. The maximum atomic E-state index is 13.0. The average Bonchev–Trinajstić information content (AvgIpc) is 3.14. The van der Waals surface area contributed by atoms with Crippen molar-refractivity contribution in [3.05, 3.63) is 90.0 Å². The highest BCUT2D eigenvalue weighted by molar-refractivity contribution is 7.22. The molecule has 3 aromatic carbocycles. The number of aromatic nitrogens is 1. The van der Waals surface area contributed by atoms with Crippen LogP contribution in [-0.4, -0.2) is 17.5 Å². The Labute approximate surface area is 168 Å². The molecule has 4 rings (SSSR count). The number of amides is 1. The summed E-state index contributed by atoms with van der Waals surface area (Å²) in [5.41, 5.74) is 3.13. The number of hydrogen-bond donors (Lipinski definition) is 0. The second-order valence-corrected chi connectivity index (χ2v) is 7.54. The van der Waals surface area contributed by atoms with Crippen LogP contribution in [0.2, 0.25) is 0 Å². The SMILES string of the molecule is Cc1ccc2nc(N(Cc3ccccc3)C(=O)COc3ccccc3)sc2c1. The quantitative estimate of drug-likeness (QED) is 0.455. The Morgan fingerprint density at radius 1 is 1.00 bits per heavy atom. The van der Waals surface area contributed by atoms with Gasteiger partial charge in [0.25, 0.3) is 5.91 Å². The van der Waals surface area contributed by atoms with Crippen LogP contribution in [0.1, 0.15) is 11.1 Å². The van der Waals surface area contributed by atoms with E-state index in [4.69, 9.17) is 9.72 Å². The molecule has 0 saturated carbocycles. The highest BCUT2D eigenvalue weighted by Gasteiger charge is 2.21. The summed E-state index contributed by atoms with van der Waals surface area (Å²) in [4.78, 5) is 19.4. The number of hydrogen-bond acceptors (Lipinski definition) is 4. The maximum Gasteiger partial charge on any atom is 0.267 e. The molecule has 0 saturated heterocycles. The van der Waals surface area contributed by atoms with Crippen molar-refractivity contribution in [2.24, 2.45) is 0 Å². The van der Waals surface area contributed by atoms with E-state index in [9.17, 15) is 4.79 Å². The van der Waals surface area contributed by atoms with Crippen molar-refractivity contribution < 1.29 is 9.53 Å². The molecule has 0 atom stereocenters. The third-order valence-electron chi connectivity index (χ3n) is 4.35. The van der Waals surface area contributed by atoms with Crippen molar-refractivity contribution in [1.82, 2.24) is 4.98 Å². The van der Waals surface area contributed by atoms with Crippen molar-refractivity contribution in [3.8, 4) is 5.75 Å². The van der Waals surface area contributed by atoms with Gasteiger partial charge in [0.05, 0.1) is 16.8 Å². The number of aryl methyl sites for hydroxylation is 1. The number of carbonyl (C=O) groups excluding carboxylic acids is 1. The smallest absolute Gasteiger partial charge is 0.267 e. The van der Waals surface area contributed by atoms with E-state index in [1.54, 1.807) is 4.90 Å². The van der Waals surface area contributed by atoms with Gasteiger partial charge in [-0.3, -0.25) is 9.69 Å². The molecule has 5 heteroatoms. The Bertz CT molecular complexity index is 1080. The van der Waals surface area contributed by atoms with Gasteiger partial charge in [-0.1, -0.05) is 65.9 Å². The molecule has 1 heterocycles. The summed E-state index contributed by atoms with van der Waals surface area (Å²) in [6, 6.07) is 25.4. The molecule has 0 unspecified atom stereocenters. The summed E-state index contributed by atoms with van der Waals surface area (Å²) in [5, 5.41) is 0.686. The van der Waals surface area contributed by atoms with Gasteiger partial charge in [-0.05, 0) is 42.3 Å². The van der Waals surface area contributed by atoms with Crippen molar-refractivity contribution >= 4 is 32.6 Å². The molecule has 1 amide bonds. The van der Waals surface area contributed by atoms with Crippen LogP contribution in [0.5, 0.6) is 5.75 Å². The van der Waals surface area contributed by atoms with Crippen molar-refractivity contribution in [1.29, 1.82) is 0 Å². The third kappa shape index (κ3) is 4.21. The highest BCUT2D eigenvalue weighted by atomic mass is 32.1. The van der Waals surface area contributed by atoms with Gasteiger partial charge >= 0.3 is 0 Å². The summed E-state index contributed by atoms with van der Waals surface area (Å²) in [5.74, 6) is 0.555. The van der Waals surface area contributed by atoms with E-state index in [1.165, 1.54) is 16.9 Å². The number of nitrogens with zero attached hydrogens (tertiary/aromatic N) is 2. The van der Waals surface area contributed by atoms with Gasteiger partial charge in [0.1, 0.15) is 5.75 Å². The molecule has 0 bridgehead atoms. The van der Waals surface area contributed by atoms with Gasteiger partial charge in [-0.15, -0.1) is 0 Å². The van der Waals surface area contributed by atoms with Crippen molar-refractivity contribution in [2.75, 3.05) is 11.5 Å². The second kappa shape index (κ2) is 8.23. The lowest BCUT2D eigenvalue weighted by atomic mass is 10.2. The zero-order valence-electron chi connectivity index (χ0n) is 15.5. The van der Waals surface area contributed by atoms with Gasteiger partial charge < -0.3 is 4.74 Å². The zero-order valence-corrected chi connectivity index (χ0v) is 16.4. The first-order valence-corrected chi connectivity index (χ1v) is 9.90. The molecule has 4 aromatic rings. The van der Waals surface area contributed by atoms with Crippen LogP contribution in [0.25, 0.3) is 10.2 Å². The summed E-state index contributed by atoms with van der Waals surface area (Å²) in [7, 11) is 0. The first-order chi connectivity index (χ1) is 13.7. The predicted octanol–water partition coefficient (Wildman–Crippen LogP) is 5.22. The standard InChI is InChI=1S/C23H20N2O2S/c1-17-12-13-20-21(14-17)28-23(24-20)25(15-18-8-4-2-5-9-18)22(26)16-27-19-10-6-3-7-11-19/h2-14H,15-16H2,1H3. The van der Waals surface area contributed by atoms with Crippen LogP contribution in [0.4, 0.5) is 5.13 Å². The molecule has 0 radical (unpaired) electrons. The monoisotopic (exact) mass is 388 g/mol. The molecule has 0 N–H and O–H groups in total. The summed E-state index contributed by atoms with van der Waals surface area (Å²) in [6.45, 7) is 2.47. The first-order valence-electron chi connectivity index (χ1n) is 9.08. The number of rotatable bonds is 6. The fraction of sp³-hybridized carbons (Fsp3) is 0.130. The van der Waals surface area contributed by atoms with Gasteiger partial charge in [0, 0.05) is 0 Å². The number of fused-ring (bicyclic) bond motifs is 1. The minimum absolute atomic E-state index is 0.0359. The largest absolute Gasteiger partial charge is 0.484 e. The van der Waals surface area contributed by atoms with Gasteiger partial charge in [0.15, 0.2) is 11.7 Å². The molecule has 0 aliphatic heterocycles. The zero-order chi connectivity index (χ0) is 19.3. The lowest BCUT2D eigenvalue weighted by Crippen LogP contribution is -2.34. The van der Waals surface area contributed by atoms with Gasteiger partial charge in [-0.2, -0.15) is 0 Å². The number of thiazole rings is 1. The maximum absolute atomic E-state index is 13.0. The Balaban J connectivity index is 1.61. The number of ether oxygens (including phenoxy) is 1. The molecule has 0 aliphatic rings. The summed E-state index contributed by atoms with van der Waals surface area (Å²) < 4.78 is 6.76. The van der Waals surface area contributed by atoms with Crippen LogP contribution in [0, 0.1) is 6.92 Å². The molecule has 4 nitrogen and oxygen atoms in total. The van der Waals surface area contributed by atoms with E-state index in [1.807, 2.05) is 72.8 Å². The van der Waals surface area contributed by atoms with E-state index in [-0.39, 0.29) is 12.5 Å². The number of anilines is 1. The molecular weight excluding hydrogens is 368 g/mol. The Morgan fingerprint density at radius 3 is 2.46 bits per heavy atom. The average molecular weight is 388 g/mol. The van der Waals surface area contributed by atoms with E-state index >= 15 is 0 Å². The fourth-order valence-corrected chi connectivity index (χ4v) is 3.98. The fourth-order valence-electron chi connectivity index (χ4n) is 2.90. The number of benzene rings is 3. The molecule has 0 spiro atoms. The van der Waals surface area contributed by atoms with Crippen LogP contribution in [-0.2, 0) is 11.3 Å².